The summed E-state index contributed by atoms with van der Waals surface area (Å²) >= 11 is 0. The van der Waals surface area contributed by atoms with Gasteiger partial charge in [0.2, 0.25) is 0 Å². The largest absolute Gasteiger partial charge is 0.497 e. The van der Waals surface area contributed by atoms with Crippen molar-refractivity contribution in [2.75, 3.05) is 7.11 Å². The normalized spacial score (nSPS) is 29.3. The fourth-order valence-corrected chi connectivity index (χ4v) is 3.44. The van der Waals surface area contributed by atoms with Gasteiger partial charge in [-0.15, -0.1) is 0 Å². The van der Waals surface area contributed by atoms with Crippen molar-refractivity contribution < 1.29 is 9.53 Å². The molecule has 1 aromatic carbocycles. The lowest BCUT2D eigenvalue weighted by Gasteiger charge is -2.22. The predicted octanol–water partition coefficient (Wildman–Crippen LogP) is 2.61. The van der Waals surface area contributed by atoms with E-state index in [1.807, 2.05) is 18.2 Å². The first-order valence-electron chi connectivity index (χ1n) is 6.71. The second-order valence-corrected chi connectivity index (χ2v) is 5.49. The van der Waals surface area contributed by atoms with Crippen LogP contribution in [0.25, 0.3) is 0 Å². The van der Waals surface area contributed by atoms with E-state index in [0.29, 0.717) is 17.5 Å². The van der Waals surface area contributed by atoms with Gasteiger partial charge >= 0.3 is 0 Å². The molecule has 96 valence electrons. The lowest BCUT2D eigenvalue weighted by Crippen LogP contribution is -2.38. The molecule has 2 bridgehead atoms. The highest BCUT2D eigenvalue weighted by atomic mass is 16.5. The van der Waals surface area contributed by atoms with E-state index in [0.717, 1.165) is 11.7 Å². The molecule has 3 rings (SSSR count). The molecule has 18 heavy (non-hydrogen) atoms. The van der Waals surface area contributed by atoms with Crippen molar-refractivity contribution in [2.45, 2.75) is 31.7 Å². The SMILES string of the molecule is COc1cccc(C(=O)N[C@@H]2C[C@H]3CC[C@H]2C3)c1. The van der Waals surface area contributed by atoms with Gasteiger partial charge in [0.05, 0.1) is 7.11 Å². The van der Waals surface area contributed by atoms with E-state index in [9.17, 15) is 4.79 Å². The number of hydrogen-bond acceptors (Lipinski definition) is 2. The lowest BCUT2D eigenvalue weighted by atomic mass is 9.95. The van der Waals surface area contributed by atoms with E-state index in [4.69, 9.17) is 4.74 Å². The van der Waals surface area contributed by atoms with Gasteiger partial charge in [-0.3, -0.25) is 4.79 Å². The van der Waals surface area contributed by atoms with Gasteiger partial charge in [0.25, 0.3) is 5.91 Å². The summed E-state index contributed by atoms with van der Waals surface area (Å²) in [6.07, 6.45) is 5.12. The molecule has 0 aromatic heterocycles. The van der Waals surface area contributed by atoms with E-state index in [-0.39, 0.29) is 5.91 Å². The zero-order chi connectivity index (χ0) is 12.5. The van der Waals surface area contributed by atoms with Crippen LogP contribution in [0.3, 0.4) is 0 Å². The van der Waals surface area contributed by atoms with Gasteiger partial charge in [-0.2, -0.15) is 0 Å². The number of ether oxygens (including phenoxy) is 1. The molecule has 3 atom stereocenters. The summed E-state index contributed by atoms with van der Waals surface area (Å²) in [5.41, 5.74) is 0.692. The first-order chi connectivity index (χ1) is 8.76. The monoisotopic (exact) mass is 245 g/mol. The van der Waals surface area contributed by atoms with Crippen molar-refractivity contribution in [3.63, 3.8) is 0 Å². The van der Waals surface area contributed by atoms with E-state index in [2.05, 4.69) is 5.32 Å². The number of nitrogens with one attached hydrogen (secondary N) is 1. The molecule has 0 aliphatic heterocycles. The molecule has 1 aromatic rings. The van der Waals surface area contributed by atoms with Gasteiger partial charge in [0, 0.05) is 11.6 Å². The second kappa shape index (κ2) is 4.63. The number of carbonyl (C=O) groups excluding carboxylic acids is 1. The maximum Gasteiger partial charge on any atom is 0.251 e. The van der Waals surface area contributed by atoms with Crippen molar-refractivity contribution in [2.24, 2.45) is 11.8 Å². The molecule has 0 spiro atoms. The van der Waals surface area contributed by atoms with Crippen LogP contribution in [-0.4, -0.2) is 19.1 Å². The Bertz CT molecular complexity index is 458. The van der Waals surface area contributed by atoms with E-state index >= 15 is 0 Å². The Balaban J connectivity index is 1.67. The molecular formula is C15H19NO2. The highest BCUT2D eigenvalue weighted by molar-refractivity contribution is 5.94. The van der Waals surface area contributed by atoms with Crippen LogP contribution in [0, 0.1) is 11.8 Å². The third kappa shape index (κ3) is 2.09. The number of methoxy groups -OCH3 is 1. The van der Waals surface area contributed by atoms with Gasteiger partial charge in [-0.05, 0) is 49.3 Å². The molecule has 2 fully saturated rings. The Hall–Kier alpha value is -1.51. The Labute approximate surface area is 108 Å². The van der Waals surface area contributed by atoms with Crippen LogP contribution in [0.4, 0.5) is 0 Å². The van der Waals surface area contributed by atoms with Crippen molar-refractivity contribution in [1.29, 1.82) is 0 Å². The van der Waals surface area contributed by atoms with Gasteiger partial charge in [-0.25, -0.2) is 0 Å². The van der Waals surface area contributed by atoms with Crippen LogP contribution in [-0.2, 0) is 0 Å². The van der Waals surface area contributed by atoms with E-state index in [1.165, 1.54) is 25.7 Å². The minimum atomic E-state index is 0.0338. The topological polar surface area (TPSA) is 38.3 Å². The van der Waals surface area contributed by atoms with Crippen molar-refractivity contribution in [3.05, 3.63) is 29.8 Å². The maximum absolute atomic E-state index is 12.2. The zero-order valence-corrected chi connectivity index (χ0v) is 10.7. The summed E-state index contributed by atoms with van der Waals surface area (Å²) in [5, 5.41) is 3.18. The van der Waals surface area contributed by atoms with Crippen LogP contribution in [0.5, 0.6) is 5.75 Å². The summed E-state index contributed by atoms with van der Waals surface area (Å²) in [7, 11) is 1.62. The molecule has 0 unspecified atom stereocenters. The predicted molar refractivity (Wildman–Crippen MR) is 69.7 cm³/mol. The molecule has 3 nitrogen and oxygen atoms in total. The third-order valence-electron chi connectivity index (χ3n) is 4.39. The minimum absolute atomic E-state index is 0.0338. The number of amides is 1. The summed E-state index contributed by atoms with van der Waals surface area (Å²) < 4.78 is 5.14. The molecule has 0 saturated heterocycles. The minimum Gasteiger partial charge on any atom is -0.497 e. The number of rotatable bonds is 3. The summed E-state index contributed by atoms with van der Waals surface area (Å²) in [4.78, 5) is 12.2. The summed E-state index contributed by atoms with van der Waals surface area (Å²) in [6.45, 7) is 0. The fourth-order valence-electron chi connectivity index (χ4n) is 3.44. The van der Waals surface area contributed by atoms with Gasteiger partial charge in [-0.1, -0.05) is 12.5 Å². The lowest BCUT2D eigenvalue weighted by molar-refractivity contribution is 0.0922. The van der Waals surface area contributed by atoms with Crippen molar-refractivity contribution in [3.8, 4) is 5.75 Å². The third-order valence-corrected chi connectivity index (χ3v) is 4.39. The maximum atomic E-state index is 12.2. The van der Waals surface area contributed by atoms with Crippen LogP contribution in [0.15, 0.2) is 24.3 Å². The number of carbonyl (C=O) groups is 1. The Morgan fingerprint density at radius 2 is 2.22 bits per heavy atom. The van der Waals surface area contributed by atoms with Crippen LogP contribution in [0.1, 0.15) is 36.0 Å². The molecule has 2 aliphatic carbocycles. The van der Waals surface area contributed by atoms with Crippen LogP contribution >= 0.6 is 0 Å². The average Bonchev–Trinajstić information content (AvgIpc) is 3.01. The average molecular weight is 245 g/mol. The fraction of sp³-hybridized carbons (Fsp3) is 0.533. The van der Waals surface area contributed by atoms with Gasteiger partial charge in [0.1, 0.15) is 5.75 Å². The first-order valence-corrected chi connectivity index (χ1v) is 6.71. The summed E-state index contributed by atoms with van der Waals surface area (Å²) in [5.74, 6) is 2.33. The quantitative estimate of drug-likeness (QED) is 0.889. The second-order valence-electron chi connectivity index (χ2n) is 5.49. The molecular weight excluding hydrogens is 226 g/mol. The standard InChI is InChI=1S/C15H19NO2/c1-18-13-4-2-3-12(9-13)15(17)16-14-8-10-5-6-11(14)7-10/h2-4,9-11,14H,5-8H2,1H3,(H,16,17)/t10-,11-,14+/m0/s1. The van der Waals surface area contributed by atoms with Crippen LogP contribution < -0.4 is 10.1 Å². The molecule has 1 amide bonds. The summed E-state index contributed by atoms with van der Waals surface area (Å²) in [6, 6.07) is 7.73. The van der Waals surface area contributed by atoms with Crippen LogP contribution in [0.2, 0.25) is 0 Å². The van der Waals surface area contributed by atoms with Gasteiger partial charge in [0.15, 0.2) is 0 Å². The number of hydrogen-bond donors (Lipinski definition) is 1. The molecule has 3 heteroatoms. The van der Waals surface area contributed by atoms with Crippen molar-refractivity contribution in [1.82, 2.24) is 5.32 Å². The zero-order valence-electron chi connectivity index (χ0n) is 10.7. The van der Waals surface area contributed by atoms with E-state index < -0.39 is 0 Å². The molecule has 1 N–H and O–H groups in total. The molecule has 0 radical (unpaired) electrons. The van der Waals surface area contributed by atoms with E-state index in [1.54, 1.807) is 13.2 Å². The Morgan fingerprint density at radius 3 is 2.89 bits per heavy atom. The Kier molecular flexibility index (Phi) is 2.98. The molecule has 0 heterocycles. The van der Waals surface area contributed by atoms with Crippen molar-refractivity contribution >= 4 is 5.91 Å². The highest BCUT2D eigenvalue weighted by Crippen LogP contribution is 2.44. The Morgan fingerprint density at radius 1 is 1.33 bits per heavy atom. The first kappa shape index (κ1) is 11.6. The number of fused-ring (bicyclic) bond motifs is 2. The molecule has 2 saturated carbocycles. The molecule has 2 aliphatic rings. The highest BCUT2D eigenvalue weighted by Gasteiger charge is 2.40. The van der Waals surface area contributed by atoms with Gasteiger partial charge < -0.3 is 10.1 Å². The smallest absolute Gasteiger partial charge is 0.251 e. The number of benzene rings is 1.